The van der Waals surface area contributed by atoms with Crippen molar-refractivity contribution in [2.75, 3.05) is 0 Å². The SMILES string of the molecule is Cc1cc(C(C)(C)C)c2c(c1)S(=O)(=O)c1cc(C)cc(C(C)(C)C)c1OP1(Oc3c(F)c(F)c(F)c(F)c3F)(O2)Oc2c(Cl)c(Cl)c(Cl)c(Cl)c2O1. The van der Waals surface area contributed by atoms with E-state index in [0.29, 0.717) is 11.1 Å². The second kappa shape index (κ2) is 12.0. The van der Waals surface area contributed by atoms with Crippen molar-refractivity contribution < 1.29 is 53.0 Å². The van der Waals surface area contributed by atoms with Gasteiger partial charge in [-0.15, -0.1) is 0 Å². The van der Waals surface area contributed by atoms with Gasteiger partial charge in [-0.1, -0.05) is 0 Å². The average molecular weight is 848 g/mol. The van der Waals surface area contributed by atoms with Crippen molar-refractivity contribution in [2.45, 2.75) is 76.0 Å². The molecule has 0 unspecified atom stereocenters. The molecule has 0 saturated heterocycles. The normalized spacial score (nSPS) is 17.5. The standard InChI is InChI=1S/C34H28Cl4F5O7PS/c1-13-9-15(33(3,4)5)28-17(11-13)52(44,45)18-12-14(2)10-16(34(6,7)8)29(18)47-51(46-28,50-32-26(42)24(40)23(39)25(41)27(32)43)48-30-21(37)19(35)20(36)22(38)31(30)49-51/h9-12H,1-8H3. The minimum absolute atomic E-state index is 0.142. The molecule has 0 atom stereocenters. The van der Waals surface area contributed by atoms with Gasteiger partial charge in [0.2, 0.25) is 0 Å². The summed E-state index contributed by atoms with van der Waals surface area (Å²) in [5, 5.41) is -1.84. The van der Waals surface area contributed by atoms with Gasteiger partial charge in [-0.2, -0.15) is 0 Å². The summed E-state index contributed by atoms with van der Waals surface area (Å²) < 4.78 is 136. The summed E-state index contributed by atoms with van der Waals surface area (Å²) in [6.07, 6.45) is 0. The van der Waals surface area contributed by atoms with Crippen LogP contribution in [0.25, 0.3) is 0 Å². The van der Waals surface area contributed by atoms with E-state index in [2.05, 4.69) is 0 Å². The molecule has 0 N–H and O–H groups in total. The number of fused-ring (bicyclic) bond motifs is 3. The van der Waals surface area contributed by atoms with Crippen LogP contribution in [0.2, 0.25) is 20.1 Å². The van der Waals surface area contributed by atoms with Gasteiger partial charge in [0.1, 0.15) is 0 Å². The van der Waals surface area contributed by atoms with Gasteiger partial charge >= 0.3 is 317 Å². The molecule has 0 radical (unpaired) electrons. The van der Waals surface area contributed by atoms with E-state index in [1.165, 1.54) is 12.1 Å². The molecular formula is C34H28Cl4F5O7PS. The molecule has 280 valence electrons. The van der Waals surface area contributed by atoms with E-state index in [0.717, 1.165) is 0 Å². The molecule has 2 aliphatic rings. The summed E-state index contributed by atoms with van der Waals surface area (Å²) in [6, 6.07) is 5.63. The van der Waals surface area contributed by atoms with Gasteiger partial charge in [-0.25, -0.2) is 0 Å². The Labute approximate surface area is 316 Å². The number of rotatable bonds is 2. The van der Waals surface area contributed by atoms with E-state index >= 15 is 8.78 Å². The molecule has 2 heterocycles. The molecule has 0 bridgehead atoms. The summed E-state index contributed by atoms with van der Waals surface area (Å²) >= 11 is 25.8. The first-order valence-electron chi connectivity index (χ1n) is 15.2. The van der Waals surface area contributed by atoms with Gasteiger partial charge in [0, 0.05) is 0 Å². The van der Waals surface area contributed by atoms with Crippen molar-refractivity contribution in [1.29, 1.82) is 0 Å². The zero-order chi connectivity index (χ0) is 38.9. The van der Waals surface area contributed by atoms with Gasteiger partial charge in [0.15, 0.2) is 0 Å². The van der Waals surface area contributed by atoms with Crippen LogP contribution in [0.5, 0.6) is 28.7 Å². The molecule has 0 saturated carbocycles. The third kappa shape index (κ3) is 5.82. The first-order valence-corrected chi connectivity index (χ1v) is 20.0. The van der Waals surface area contributed by atoms with E-state index in [9.17, 15) is 21.6 Å². The van der Waals surface area contributed by atoms with Gasteiger partial charge in [-0.3, -0.25) is 0 Å². The van der Waals surface area contributed by atoms with Crippen molar-refractivity contribution in [1.82, 2.24) is 0 Å². The molecule has 0 fully saturated rings. The molecule has 6 rings (SSSR count). The fourth-order valence-electron chi connectivity index (χ4n) is 5.65. The first-order chi connectivity index (χ1) is 23.7. The molecule has 2 aliphatic heterocycles. The second-order valence-electron chi connectivity index (χ2n) is 14.3. The van der Waals surface area contributed by atoms with E-state index < -0.39 is 116 Å². The second-order valence-corrected chi connectivity index (χ2v) is 20.1. The van der Waals surface area contributed by atoms with Crippen molar-refractivity contribution in [3.05, 3.63) is 95.7 Å². The Kier molecular flexibility index (Phi) is 8.98. The van der Waals surface area contributed by atoms with Crippen molar-refractivity contribution in [3.63, 3.8) is 0 Å². The molecule has 4 aromatic rings. The maximum atomic E-state index is 15.7. The number of hydrogen-bond acceptors (Lipinski definition) is 7. The van der Waals surface area contributed by atoms with E-state index in [1.54, 1.807) is 67.5 Å². The fraction of sp³-hybridized carbons (Fsp3) is 0.294. The third-order valence-electron chi connectivity index (χ3n) is 8.15. The van der Waals surface area contributed by atoms with Crippen LogP contribution < -0.4 is 22.6 Å². The Balaban J connectivity index is 1.88. The zero-order valence-corrected chi connectivity index (χ0v) is 33.2. The van der Waals surface area contributed by atoms with Gasteiger partial charge in [0.05, 0.1) is 0 Å². The number of hydrogen-bond donors (Lipinski definition) is 0. The number of benzene rings is 4. The predicted molar refractivity (Wildman–Crippen MR) is 188 cm³/mol. The molecule has 4 aromatic carbocycles. The van der Waals surface area contributed by atoms with Crippen LogP contribution in [0, 0.1) is 42.9 Å². The summed E-state index contributed by atoms with van der Waals surface area (Å²) in [5.74, 6) is -16.6. The zero-order valence-electron chi connectivity index (χ0n) is 28.4. The van der Waals surface area contributed by atoms with E-state index in [1.807, 2.05) is 0 Å². The third-order valence-corrected chi connectivity index (χ3v) is 14.1. The molecule has 18 heteroatoms. The van der Waals surface area contributed by atoms with Crippen LogP contribution in [0.15, 0.2) is 34.1 Å². The number of halogens is 9. The van der Waals surface area contributed by atoms with Gasteiger partial charge in [-0.05, 0) is 0 Å². The van der Waals surface area contributed by atoms with Crippen LogP contribution in [0.4, 0.5) is 22.0 Å². The first kappa shape index (κ1) is 38.8. The Bertz CT molecular complexity index is 2230. The number of aryl methyl sites for hydroxylation is 2. The Morgan fingerprint density at radius 1 is 0.558 bits per heavy atom. The van der Waals surface area contributed by atoms with Crippen molar-refractivity contribution >= 4 is 64.0 Å². The monoisotopic (exact) mass is 846 g/mol. The van der Waals surface area contributed by atoms with Crippen molar-refractivity contribution in [3.8, 4) is 28.7 Å². The molecule has 7 nitrogen and oxygen atoms in total. The molecule has 0 amide bonds. The van der Waals surface area contributed by atoms with Crippen molar-refractivity contribution in [2.24, 2.45) is 0 Å². The summed E-state index contributed by atoms with van der Waals surface area (Å²) in [6.45, 7) is 13.4. The molecule has 0 aliphatic carbocycles. The van der Waals surface area contributed by atoms with Crippen LogP contribution in [-0.4, -0.2) is 8.42 Å². The summed E-state index contributed by atoms with van der Waals surface area (Å²) in [7, 11) is -11.4. The predicted octanol–water partition coefficient (Wildman–Crippen LogP) is 12.5. The van der Waals surface area contributed by atoms with Crippen LogP contribution in [0.3, 0.4) is 0 Å². The topological polar surface area (TPSA) is 80.3 Å². The Morgan fingerprint density at radius 3 is 1.23 bits per heavy atom. The van der Waals surface area contributed by atoms with Crippen LogP contribution in [-0.2, 0) is 20.7 Å². The van der Waals surface area contributed by atoms with Gasteiger partial charge < -0.3 is 0 Å². The molecule has 52 heavy (non-hydrogen) atoms. The Hall–Kier alpha value is -2.93. The fourth-order valence-corrected chi connectivity index (χ4v) is 11.3. The summed E-state index contributed by atoms with van der Waals surface area (Å²) in [4.78, 5) is -1.01. The minimum atomic E-state index is -6.78. The number of sulfone groups is 1. The summed E-state index contributed by atoms with van der Waals surface area (Å²) in [5.41, 5.74) is -0.804. The van der Waals surface area contributed by atoms with Crippen LogP contribution in [0.1, 0.15) is 63.8 Å². The van der Waals surface area contributed by atoms with E-state index in [4.69, 9.17) is 69.0 Å². The molecule has 1 spiro atoms. The maximum absolute atomic E-state index is 15.7. The average Bonchev–Trinajstić information content (AvgIpc) is 3.38. The van der Waals surface area contributed by atoms with Gasteiger partial charge in [0.25, 0.3) is 0 Å². The van der Waals surface area contributed by atoms with E-state index in [-0.39, 0.29) is 11.1 Å². The van der Waals surface area contributed by atoms with Crippen LogP contribution >= 0.6 is 54.1 Å². The molecule has 0 aromatic heterocycles. The molecular weight excluding hydrogens is 820 g/mol. The quantitative estimate of drug-likeness (QED) is 0.0860. The Morgan fingerprint density at radius 2 is 0.885 bits per heavy atom.